The van der Waals surface area contributed by atoms with Crippen molar-refractivity contribution in [3.8, 4) is 0 Å². The van der Waals surface area contributed by atoms with Crippen molar-refractivity contribution in [1.82, 2.24) is 15.5 Å². The molecular weight excluding hydrogens is 356 g/mol. The fourth-order valence-corrected chi connectivity index (χ4v) is 4.05. The standard InChI is InChI=1S/C21H28N4OS/c1-15-10-11-27-19(15)13-22-21(23-14-20(26)25(2)3)24-18-9-8-16-6-4-5-7-17(16)12-18/h4-7,10-11,18H,8-9,12-14H2,1-3H3,(H2,22,23,24). The van der Waals surface area contributed by atoms with E-state index < -0.39 is 0 Å². The van der Waals surface area contributed by atoms with Gasteiger partial charge in [-0.2, -0.15) is 0 Å². The van der Waals surface area contributed by atoms with Gasteiger partial charge in [0.25, 0.3) is 0 Å². The van der Waals surface area contributed by atoms with E-state index in [0.29, 0.717) is 12.0 Å². The number of benzene rings is 1. The minimum Gasteiger partial charge on any atom is -0.353 e. The smallest absolute Gasteiger partial charge is 0.243 e. The summed E-state index contributed by atoms with van der Waals surface area (Å²) in [7, 11) is 3.51. The van der Waals surface area contributed by atoms with E-state index in [0.717, 1.165) is 25.8 Å². The number of amides is 1. The maximum absolute atomic E-state index is 12.0. The second kappa shape index (κ2) is 9.04. The highest BCUT2D eigenvalue weighted by Gasteiger charge is 2.19. The maximum Gasteiger partial charge on any atom is 0.243 e. The molecule has 5 nitrogen and oxygen atoms in total. The molecule has 0 saturated carbocycles. The number of hydrogen-bond acceptors (Lipinski definition) is 3. The predicted octanol–water partition coefficient (Wildman–Crippen LogP) is 2.74. The molecule has 6 heteroatoms. The van der Waals surface area contributed by atoms with E-state index in [1.165, 1.54) is 21.6 Å². The molecule has 1 aliphatic carbocycles. The van der Waals surface area contributed by atoms with Gasteiger partial charge >= 0.3 is 0 Å². The summed E-state index contributed by atoms with van der Waals surface area (Å²) < 4.78 is 0. The van der Waals surface area contributed by atoms with Crippen LogP contribution in [0, 0.1) is 6.92 Å². The molecule has 1 unspecified atom stereocenters. The van der Waals surface area contributed by atoms with Crippen LogP contribution in [-0.2, 0) is 24.2 Å². The van der Waals surface area contributed by atoms with Gasteiger partial charge in [-0.15, -0.1) is 11.3 Å². The summed E-state index contributed by atoms with van der Waals surface area (Å²) in [6.45, 7) is 2.98. The molecular formula is C21H28N4OS. The van der Waals surface area contributed by atoms with Gasteiger partial charge in [0.2, 0.25) is 5.91 Å². The van der Waals surface area contributed by atoms with Crippen LogP contribution in [0.2, 0.25) is 0 Å². The van der Waals surface area contributed by atoms with Gasteiger partial charge in [0.1, 0.15) is 6.54 Å². The van der Waals surface area contributed by atoms with E-state index in [9.17, 15) is 4.79 Å². The third kappa shape index (κ3) is 5.32. The number of carbonyl (C=O) groups excluding carboxylic acids is 1. The molecule has 0 radical (unpaired) electrons. The third-order valence-electron chi connectivity index (χ3n) is 4.94. The summed E-state index contributed by atoms with van der Waals surface area (Å²) in [4.78, 5) is 19.3. The topological polar surface area (TPSA) is 56.7 Å². The summed E-state index contributed by atoms with van der Waals surface area (Å²) >= 11 is 1.74. The van der Waals surface area contributed by atoms with Crippen molar-refractivity contribution in [2.24, 2.45) is 4.99 Å². The minimum atomic E-state index is -0.00241. The summed E-state index contributed by atoms with van der Waals surface area (Å²) in [6, 6.07) is 11.1. The highest BCUT2D eigenvalue weighted by atomic mass is 32.1. The molecule has 144 valence electrons. The Labute approximate surface area is 165 Å². The van der Waals surface area contributed by atoms with Crippen molar-refractivity contribution in [3.05, 3.63) is 57.3 Å². The first kappa shape index (κ1) is 19.4. The number of hydrogen-bond donors (Lipinski definition) is 2. The first-order valence-corrected chi connectivity index (χ1v) is 10.3. The fourth-order valence-electron chi connectivity index (χ4n) is 3.20. The number of nitrogens with zero attached hydrogens (tertiary/aromatic N) is 2. The summed E-state index contributed by atoms with van der Waals surface area (Å²) in [6.07, 6.45) is 3.12. The molecule has 3 rings (SSSR count). The van der Waals surface area contributed by atoms with Gasteiger partial charge in [-0.05, 0) is 54.3 Å². The Morgan fingerprint density at radius 1 is 1.26 bits per heavy atom. The van der Waals surface area contributed by atoms with Gasteiger partial charge in [0, 0.05) is 25.0 Å². The van der Waals surface area contributed by atoms with Gasteiger partial charge < -0.3 is 15.5 Å². The lowest BCUT2D eigenvalue weighted by Gasteiger charge is -2.27. The fraction of sp³-hybridized carbons (Fsp3) is 0.429. The number of thiophene rings is 1. The number of aryl methyl sites for hydroxylation is 2. The average molecular weight is 385 g/mol. The zero-order chi connectivity index (χ0) is 19.2. The molecule has 1 heterocycles. The molecule has 1 atom stereocenters. The molecule has 2 aromatic rings. The molecule has 1 aliphatic rings. The average Bonchev–Trinajstić information content (AvgIpc) is 3.08. The highest BCUT2D eigenvalue weighted by molar-refractivity contribution is 7.10. The molecule has 1 amide bonds. The highest BCUT2D eigenvalue weighted by Crippen LogP contribution is 2.21. The molecule has 0 bridgehead atoms. The van der Waals surface area contributed by atoms with Crippen molar-refractivity contribution in [3.63, 3.8) is 0 Å². The summed E-state index contributed by atoms with van der Waals surface area (Å²) in [5.74, 6) is 0.708. The van der Waals surface area contributed by atoms with Crippen LogP contribution in [0.4, 0.5) is 0 Å². The molecule has 0 fully saturated rings. The molecule has 0 aliphatic heterocycles. The van der Waals surface area contributed by atoms with Gasteiger partial charge in [0.15, 0.2) is 5.96 Å². The second-order valence-electron chi connectivity index (χ2n) is 7.19. The van der Waals surface area contributed by atoms with Crippen LogP contribution >= 0.6 is 11.3 Å². The van der Waals surface area contributed by atoms with E-state index in [1.54, 1.807) is 30.3 Å². The lowest BCUT2D eigenvalue weighted by atomic mass is 9.88. The summed E-state index contributed by atoms with van der Waals surface area (Å²) in [5, 5.41) is 9.05. The second-order valence-corrected chi connectivity index (χ2v) is 8.19. The first-order chi connectivity index (χ1) is 13.0. The lowest BCUT2D eigenvalue weighted by Crippen LogP contribution is -2.46. The SMILES string of the molecule is Cc1ccsc1CNC(=NCC(=O)N(C)C)NC1CCc2ccccc2C1. The summed E-state index contributed by atoms with van der Waals surface area (Å²) in [5.41, 5.74) is 4.13. The Kier molecular flexibility index (Phi) is 6.50. The Bertz CT molecular complexity index is 812. The molecule has 2 N–H and O–H groups in total. The van der Waals surface area contributed by atoms with Crippen LogP contribution in [0.15, 0.2) is 40.7 Å². The van der Waals surface area contributed by atoms with Crippen molar-refractivity contribution in [2.45, 2.75) is 38.8 Å². The molecule has 1 aromatic heterocycles. The van der Waals surface area contributed by atoms with E-state index in [2.05, 4.69) is 58.3 Å². The van der Waals surface area contributed by atoms with E-state index in [4.69, 9.17) is 0 Å². The number of nitrogens with one attached hydrogen (secondary N) is 2. The number of carbonyl (C=O) groups is 1. The normalized spacial score (nSPS) is 16.6. The van der Waals surface area contributed by atoms with Crippen LogP contribution in [-0.4, -0.2) is 43.4 Å². The van der Waals surface area contributed by atoms with Gasteiger partial charge in [-0.25, -0.2) is 4.99 Å². The van der Waals surface area contributed by atoms with Crippen LogP contribution in [0.1, 0.15) is 28.0 Å². The number of fused-ring (bicyclic) bond motifs is 1. The Hall–Kier alpha value is -2.34. The van der Waals surface area contributed by atoms with Crippen LogP contribution in [0.5, 0.6) is 0 Å². The van der Waals surface area contributed by atoms with Crippen LogP contribution in [0.25, 0.3) is 0 Å². The number of rotatable bonds is 5. The molecule has 27 heavy (non-hydrogen) atoms. The number of guanidine groups is 1. The van der Waals surface area contributed by atoms with Crippen molar-refractivity contribution < 1.29 is 4.79 Å². The largest absolute Gasteiger partial charge is 0.353 e. The van der Waals surface area contributed by atoms with Gasteiger partial charge in [-0.3, -0.25) is 4.79 Å². The number of likely N-dealkylation sites (N-methyl/N-ethyl adjacent to an activating group) is 1. The Morgan fingerprint density at radius 2 is 2.04 bits per heavy atom. The Morgan fingerprint density at radius 3 is 2.74 bits per heavy atom. The minimum absolute atomic E-state index is 0.00241. The van der Waals surface area contributed by atoms with Crippen LogP contribution in [0.3, 0.4) is 0 Å². The van der Waals surface area contributed by atoms with E-state index in [-0.39, 0.29) is 12.5 Å². The van der Waals surface area contributed by atoms with Crippen molar-refractivity contribution >= 4 is 23.2 Å². The van der Waals surface area contributed by atoms with E-state index >= 15 is 0 Å². The zero-order valence-corrected chi connectivity index (χ0v) is 17.1. The molecule has 0 spiro atoms. The third-order valence-corrected chi connectivity index (χ3v) is 5.97. The van der Waals surface area contributed by atoms with Crippen molar-refractivity contribution in [1.29, 1.82) is 0 Å². The monoisotopic (exact) mass is 384 g/mol. The van der Waals surface area contributed by atoms with E-state index in [1.807, 2.05) is 0 Å². The van der Waals surface area contributed by atoms with Crippen molar-refractivity contribution in [2.75, 3.05) is 20.6 Å². The van der Waals surface area contributed by atoms with Gasteiger partial charge in [0.05, 0.1) is 6.54 Å². The molecule has 0 saturated heterocycles. The quantitative estimate of drug-likeness (QED) is 0.616. The maximum atomic E-state index is 12.0. The predicted molar refractivity (Wildman–Crippen MR) is 112 cm³/mol. The Balaban J connectivity index is 1.66. The number of aliphatic imine (C=N–C) groups is 1. The van der Waals surface area contributed by atoms with Crippen LogP contribution < -0.4 is 10.6 Å². The zero-order valence-electron chi connectivity index (χ0n) is 16.3. The first-order valence-electron chi connectivity index (χ1n) is 9.37. The molecule has 1 aromatic carbocycles. The van der Waals surface area contributed by atoms with Gasteiger partial charge in [-0.1, -0.05) is 24.3 Å². The lowest BCUT2D eigenvalue weighted by molar-refractivity contribution is -0.127.